The Bertz CT molecular complexity index is 1670. The molecule has 10 heteroatoms. The summed E-state index contributed by atoms with van der Waals surface area (Å²) >= 11 is 0. The number of anilines is 3. The number of nitrogens with zero attached hydrogens (tertiary/aromatic N) is 6. The lowest BCUT2D eigenvalue weighted by molar-refractivity contribution is 0.594. The summed E-state index contributed by atoms with van der Waals surface area (Å²) in [6.45, 7) is 3.13. The van der Waals surface area contributed by atoms with Gasteiger partial charge in [0.05, 0.1) is 22.3 Å². The maximum absolute atomic E-state index is 13.1. The first-order chi connectivity index (χ1) is 18.5. The van der Waals surface area contributed by atoms with Crippen molar-refractivity contribution in [3.05, 3.63) is 91.5 Å². The molecular weight excluding hydrogens is 498 g/mol. The first-order valence-corrected chi connectivity index (χ1v) is 13.8. The van der Waals surface area contributed by atoms with Gasteiger partial charge >= 0.3 is 0 Å². The molecule has 0 unspecified atom stereocenters. The monoisotopic (exact) mass is 525 g/mol. The van der Waals surface area contributed by atoms with Crippen LogP contribution in [0.2, 0.25) is 0 Å². The number of aromatic nitrogens is 4. The maximum Gasteiger partial charge on any atom is 0.264 e. The van der Waals surface area contributed by atoms with E-state index < -0.39 is 10.0 Å². The number of fused-ring (bicyclic) bond motifs is 1. The number of hydrogen-bond acceptors (Lipinski definition) is 7. The second-order valence-electron chi connectivity index (χ2n) is 9.20. The van der Waals surface area contributed by atoms with Gasteiger partial charge < -0.3 is 9.80 Å². The molecule has 0 saturated carbocycles. The largest absolute Gasteiger partial charge is 0.368 e. The second kappa shape index (κ2) is 9.79. The van der Waals surface area contributed by atoms with Crippen molar-refractivity contribution in [2.75, 3.05) is 47.3 Å². The normalized spacial score (nSPS) is 14.1. The highest BCUT2D eigenvalue weighted by atomic mass is 32.2. The molecule has 0 amide bonds. The number of rotatable bonds is 6. The van der Waals surface area contributed by atoms with Gasteiger partial charge in [-0.2, -0.15) is 5.10 Å². The number of hydrogen-bond donors (Lipinski definition) is 1. The summed E-state index contributed by atoms with van der Waals surface area (Å²) in [7, 11) is -2.04. The van der Waals surface area contributed by atoms with Crippen molar-refractivity contribution in [2.24, 2.45) is 0 Å². The molecule has 38 heavy (non-hydrogen) atoms. The number of nitrogens with one attached hydrogen (secondary N) is 1. The minimum atomic E-state index is -3.64. The first kappa shape index (κ1) is 23.9. The highest BCUT2D eigenvalue weighted by molar-refractivity contribution is 7.92. The predicted octanol–water partition coefficient (Wildman–Crippen LogP) is 4.17. The summed E-state index contributed by atoms with van der Waals surface area (Å²) in [6.07, 6.45) is 5.30. The van der Waals surface area contributed by atoms with Gasteiger partial charge in [0.2, 0.25) is 0 Å². The highest BCUT2D eigenvalue weighted by Crippen LogP contribution is 2.31. The number of benzene rings is 3. The molecule has 1 fully saturated rings. The molecule has 1 N–H and O–H groups in total. The Hall–Kier alpha value is -4.44. The second-order valence-corrected chi connectivity index (χ2v) is 11.2. The first-order valence-electron chi connectivity index (χ1n) is 12.4. The van der Waals surface area contributed by atoms with Crippen LogP contribution < -0.4 is 14.1 Å². The van der Waals surface area contributed by atoms with Crippen molar-refractivity contribution in [1.29, 1.82) is 0 Å². The Morgan fingerprint density at radius 1 is 0.842 bits per heavy atom. The Morgan fingerprint density at radius 2 is 1.63 bits per heavy atom. The fraction of sp³-hybridized carbons (Fsp3) is 0.179. The number of sulfonamides is 1. The number of aromatic amines is 1. The molecule has 5 aromatic rings. The van der Waals surface area contributed by atoms with Gasteiger partial charge in [-0.05, 0) is 48.0 Å². The SMILES string of the molecule is CN(c1cccc(N2CCN(c3ncnc4ccc(-c5cn[nH]c5)cc34)CC2)c1)S(=O)(=O)c1ccccc1. The molecule has 192 valence electrons. The Labute approximate surface area is 221 Å². The molecule has 0 aliphatic carbocycles. The Kier molecular flexibility index (Phi) is 6.16. The fourth-order valence-corrected chi connectivity index (χ4v) is 6.04. The van der Waals surface area contributed by atoms with Crippen LogP contribution in [0, 0.1) is 0 Å². The lowest BCUT2D eigenvalue weighted by Crippen LogP contribution is -2.47. The van der Waals surface area contributed by atoms with E-state index in [2.05, 4.69) is 36.0 Å². The van der Waals surface area contributed by atoms with E-state index in [0.717, 1.165) is 59.7 Å². The van der Waals surface area contributed by atoms with Crippen molar-refractivity contribution < 1.29 is 8.42 Å². The molecular formula is C28H27N7O2S. The molecule has 2 aromatic heterocycles. The van der Waals surface area contributed by atoms with E-state index in [4.69, 9.17) is 0 Å². The topological polar surface area (TPSA) is 98.3 Å². The summed E-state index contributed by atoms with van der Waals surface area (Å²) in [5, 5.41) is 7.94. The van der Waals surface area contributed by atoms with Crippen LogP contribution >= 0.6 is 0 Å². The average Bonchev–Trinajstić information content (AvgIpc) is 3.52. The summed E-state index contributed by atoms with van der Waals surface area (Å²) in [4.78, 5) is 13.9. The van der Waals surface area contributed by atoms with Crippen LogP contribution in [0.5, 0.6) is 0 Å². The summed E-state index contributed by atoms with van der Waals surface area (Å²) in [5.74, 6) is 0.919. The minimum Gasteiger partial charge on any atom is -0.368 e. The molecule has 1 saturated heterocycles. The molecule has 0 bridgehead atoms. The van der Waals surface area contributed by atoms with Crippen LogP contribution in [0.15, 0.2) is 96.4 Å². The minimum absolute atomic E-state index is 0.273. The van der Waals surface area contributed by atoms with Gasteiger partial charge in [0.1, 0.15) is 12.1 Å². The van der Waals surface area contributed by atoms with Gasteiger partial charge in [0, 0.05) is 56.1 Å². The standard InChI is InChI=1S/C28H27N7O2S/c1-33(38(36,37)25-8-3-2-4-9-25)23-6-5-7-24(17-23)34-12-14-35(15-13-34)28-26-16-21(22-18-31-32-19-22)10-11-27(26)29-20-30-28/h2-11,16-20H,12-15H2,1H3,(H,31,32). The smallest absolute Gasteiger partial charge is 0.264 e. The van der Waals surface area contributed by atoms with E-state index in [-0.39, 0.29) is 4.90 Å². The lowest BCUT2D eigenvalue weighted by Gasteiger charge is -2.37. The van der Waals surface area contributed by atoms with Gasteiger partial charge in [0.25, 0.3) is 10.0 Å². The lowest BCUT2D eigenvalue weighted by atomic mass is 10.1. The third-order valence-corrected chi connectivity index (χ3v) is 8.78. The zero-order valence-corrected chi connectivity index (χ0v) is 21.7. The van der Waals surface area contributed by atoms with E-state index in [9.17, 15) is 8.42 Å². The van der Waals surface area contributed by atoms with Crippen molar-refractivity contribution >= 4 is 38.1 Å². The van der Waals surface area contributed by atoms with Crippen LogP contribution in [0.3, 0.4) is 0 Å². The third kappa shape index (κ3) is 4.43. The molecule has 1 aliphatic heterocycles. The van der Waals surface area contributed by atoms with Gasteiger partial charge in [-0.1, -0.05) is 30.3 Å². The summed E-state index contributed by atoms with van der Waals surface area (Å²) in [5.41, 5.74) is 4.60. The van der Waals surface area contributed by atoms with Crippen LogP contribution in [0.25, 0.3) is 22.0 Å². The van der Waals surface area contributed by atoms with Crippen LogP contribution in [0.4, 0.5) is 17.2 Å². The number of H-pyrrole nitrogens is 1. The fourth-order valence-electron chi connectivity index (χ4n) is 4.83. The van der Waals surface area contributed by atoms with Gasteiger partial charge in [0.15, 0.2) is 0 Å². The maximum atomic E-state index is 13.1. The molecule has 0 radical (unpaired) electrons. The van der Waals surface area contributed by atoms with Gasteiger partial charge in [-0.25, -0.2) is 18.4 Å². The average molecular weight is 526 g/mol. The third-order valence-electron chi connectivity index (χ3n) is 6.99. The van der Waals surface area contributed by atoms with E-state index in [1.165, 1.54) is 4.31 Å². The molecule has 0 atom stereocenters. The quantitative estimate of drug-likeness (QED) is 0.355. The highest BCUT2D eigenvalue weighted by Gasteiger charge is 2.24. The van der Waals surface area contributed by atoms with Crippen LogP contribution in [-0.2, 0) is 10.0 Å². The van der Waals surface area contributed by atoms with Gasteiger partial charge in [-0.3, -0.25) is 9.40 Å². The van der Waals surface area contributed by atoms with Crippen molar-refractivity contribution in [3.63, 3.8) is 0 Å². The Morgan fingerprint density at radius 3 is 2.39 bits per heavy atom. The van der Waals surface area contributed by atoms with Crippen LogP contribution in [-0.4, -0.2) is 61.8 Å². The summed E-state index contributed by atoms with van der Waals surface area (Å²) < 4.78 is 27.6. The number of piperazine rings is 1. The van der Waals surface area contributed by atoms with E-state index in [1.54, 1.807) is 43.8 Å². The molecule has 9 nitrogen and oxygen atoms in total. The molecule has 3 aromatic carbocycles. The Balaban J connectivity index is 1.21. The van der Waals surface area contributed by atoms with Gasteiger partial charge in [-0.15, -0.1) is 0 Å². The predicted molar refractivity (Wildman–Crippen MR) is 150 cm³/mol. The molecule has 0 spiro atoms. The molecule has 3 heterocycles. The van der Waals surface area contributed by atoms with Crippen molar-refractivity contribution in [2.45, 2.75) is 4.90 Å². The zero-order valence-electron chi connectivity index (χ0n) is 20.9. The van der Waals surface area contributed by atoms with E-state index in [1.807, 2.05) is 48.7 Å². The molecule has 1 aliphatic rings. The van der Waals surface area contributed by atoms with Crippen LogP contribution in [0.1, 0.15) is 0 Å². The van der Waals surface area contributed by atoms with E-state index >= 15 is 0 Å². The zero-order chi connectivity index (χ0) is 26.1. The molecule has 6 rings (SSSR count). The van der Waals surface area contributed by atoms with E-state index in [0.29, 0.717) is 5.69 Å². The van der Waals surface area contributed by atoms with Crippen molar-refractivity contribution in [1.82, 2.24) is 20.2 Å². The summed E-state index contributed by atoms with van der Waals surface area (Å²) in [6, 6.07) is 22.4. The van der Waals surface area contributed by atoms with Crippen molar-refractivity contribution in [3.8, 4) is 11.1 Å².